The fraction of sp³-hybridized carbons (Fsp3) is 0.700. The molecule has 80 valence electrons. The van der Waals surface area contributed by atoms with Crippen molar-refractivity contribution in [2.45, 2.75) is 46.2 Å². The van der Waals surface area contributed by atoms with Gasteiger partial charge in [-0.1, -0.05) is 19.6 Å². The molecule has 0 amide bonds. The summed E-state index contributed by atoms with van der Waals surface area (Å²) in [6.45, 7) is 11.7. The molecular formula is C10H18O3Si. The lowest BCUT2D eigenvalue weighted by Gasteiger charge is -2.35. The highest BCUT2D eigenvalue weighted by Gasteiger charge is 2.39. The molecule has 1 rings (SSSR count). The van der Waals surface area contributed by atoms with E-state index in [4.69, 9.17) is 9.47 Å². The van der Waals surface area contributed by atoms with E-state index in [1.54, 1.807) is 13.8 Å². The average molecular weight is 214 g/mol. The molecule has 4 heteroatoms. The number of allylic oxidation sites excluding steroid dienone is 1. The van der Waals surface area contributed by atoms with Crippen molar-refractivity contribution in [3.8, 4) is 0 Å². The van der Waals surface area contributed by atoms with Gasteiger partial charge in [0.2, 0.25) is 5.79 Å². The molecular weight excluding hydrogens is 196 g/mol. The molecule has 0 N–H and O–H groups in total. The molecule has 0 aromatic heterocycles. The molecule has 1 aliphatic rings. The minimum Gasteiger partial charge on any atom is -0.457 e. The van der Waals surface area contributed by atoms with Crippen molar-refractivity contribution in [1.29, 1.82) is 0 Å². The Labute approximate surface area is 86.1 Å². The van der Waals surface area contributed by atoms with Gasteiger partial charge in [-0.15, -0.1) is 0 Å². The summed E-state index contributed by atoms with van der Waals surface area (Å²) in [6, 6.07) is 0. The lowest BCUT2D eigenvalue weighted by Crippen LogP contribution is -2.43. The van der Waals surface area contributed by atoms with Crippen LogP contribution in [0.2, 0.25) is 19.6 Å². The fourth-order valence-corrected chi connectivity index (χ4v) is 3.46. The number of carbonyl (C=O) groups is 1. The summed E-state index contributed by atoms with van der Waals surface area (Å²) in [6.07, 6.45) is 0. The minimum absolute atomic E-state index is 0.210. The van der Waals surface area contributed by atoms with Crippen LogP contribution in [0.5, 0.6) is 0 Å². The van der Waals surface area contributed by atoms with Crippen LogP contribution in [0.25, 0.3) is 0 Å². The Morgan fingerprint density at radius 1 is 1.14 bits per heavy atom. The second-order valence-electron chi connectivity index (χ2n) is 5.07. The quantitative estimate of drug-likeness (QED) is 0.497. The number of hydrogen-bond acceptors (Lipinski definition) is 3. The Balaban J connectivity index is 3.12. The van der Waals surface area contributed by atoms with Crippen LogP contribution in [0.1, 0.15) is 20.8 Å². The van der Waals surface area contributed by atoms with Crippen LogP contribution in [0.4, 0.5) is 0 Å². The maximum Gasteiger partial charge on any atom is 0.336 e. The third-order valence-electron chi connectivity index (χ3n) is 2.04. The molecule has 0 radical (unpaired) electrons. The molecule has 0 bridgehead atoms. The van der Waals surface area contributed by atoms with Crippen LogP contribution >= 0.6 is 0 Å². The lowest BCUT2D eigenvalue weighted by atomic mass is 10.3. The zero-order valence-electron chi connectivity index (χ0n) is 9.72. The Bertz CT molecular complexity index is 297. The first-order chi connectivity index (χ1) is 6.13. The van der Waals surface area contributed by atoms with Crippen LogP contribution in [0.3, 0.4) is 0 Å². The van der Waals surface area contributed by atoms with Crippen molar-refractivity contribution < 1.29 is 14.3 Å². The van der Waals surface area contributed by atoms with Crippen LogP contribution in [-0.4, -0.2) is 19.8 Å². The van der Waals surface area contributed by atoms with Crippen molar-refractivity contribution >= 4 is 14.0 Å². The molecule has 0 aromatic carbocycles. The third kappa shape index (κ3) is 2.18. The van der Waals surface area contributed by atoms with Gasteiger partial charge in [-0.2, -0.15) is 0 Å². The maximum absolute atomic E-state index is 11.7. The first kappa shape index (κ1) is 11.3. The molecule has 14 heavy (non-hydrogen) atoms. The number of esters is 1. The summed E-state index contributed by atoms with van der Waals surface area (Å²) >= 11 is 0. The molecule has 0 aliphatic carbocycles. The molecule has 0 unspecified atom stereocenters. The molecule has 0 aromatic rings. The Morgan fingerprint density at radius 3 is 2.00 bits per heavy atom. The van der Waals surface area contributed by atoms with Gasteiger partial charge in [-0.25, -0.2) is 4.79 Å². The largest absolute Gasteiger partial charge is 0.457 e. The van der Waals surface area contributed by atoms with Gasteiger partial charge in [-0.05, 0) is 6.92 Å². The highest BCUT2D eigenvalue weighted by molar-refractivity contribution is 6.87. The fourth-order valence-electron chi connectivity index (χ4n) is 1.69. The monoisotopic (exact) mass is 214 g/mol. The van der Waals surface area contributed by atoms with Crippen molar-refractivity contribution in [1.82, 2.24) is 0 Å². The third-order valence-corrected chi connectivity index (χ3v) is 4.10. The molecule has 0 saturated carbocycles. The highest BCUT2D eigenvalue weighted by Crippen LogP contribution is 2.31. The van der Waals surface area contributed by atoms with Crippen molar-refractivity contribution in [2.24, 2.45) is 0 Å². The maximum atomic E-state index is 11.7. The Hall–Kier alpha value is -0.773. The summed E-state index contributed by atoms with van der Waals surface area (Å²) < 4.78 is 10.8. The predicted molar refractivity (Wildman–Crippen MR) is 57.3 cm³/mol. The van der Waals surface area contributed by atoms with E-state index in [1.165, 1.54) is 0 Å². The molecule has 0 saturated heterocycles. The first-order valence-corrected chi connectivity index (χ1v) is 8.27. The van der Waals surface area contributed by atoms with Gasteiger partial charge in [0.15, 0.2) is 0 Å². The molecule has 0 atom stereocenters. The number of ether oxygens (including phenoxy) is 2. The topological polar surface area (TPSA) is 35.5 Å². The van der Waals surface area contributed by atoms with Gasteiger partial charge in [0.1, 0.15) is 5.76 Å². The van der Waals surface area contributed by atoms with E-state index in [0.717, 1.165) is 11.0 Å². The SMILES string of the molecule is CC1=C([Si](C)(C)C)C(=O)OC(C)(C)O1. The van der Waals surface area contributed by atoms with E-state index in [0.29, 0.717) is 0 Å². The minimum atomic E-state index is -1.66. The van der Waals surface area contributed by atoms with Crippen molar-refractivity contribution in [3.05, 3.63) is 11.0 Å². The highest BCUT2D eigenvalue weighted by atomic mass is 28.3. The van der Waals surface area contributed by atoms with Gasteiger partial charge < -0.3 is 9.47 Å². The summed E-state index contributed by atoms with van der Waals surface area (Å²) in [5.41, 5.74) is 0. The zero-order chi connectivity index (χ0) is 11.1. The van der Waals surface area contributed by atoms with Crippen LogP contribution in [0, 0.1) is 0 Å². The molecule has 3 nitrogen and oxygen atoms in total. The smallest absolute Gasteiger partial charge is 0.336 e. The number of carbonyl (C=O) groups excluding carboxylic acids is 1. The normalized spacial score (nSPS) is 21.7. The van der Waals surface area contributed by atoms with E-state index < -0.39 is 13.9 Å². The number of rotatable bonds is 1. The van der Waals surface area contributed by atoms with Crippen LogP contribution in [-0.2, 0) is 14.3 Å². The second kappa shape index (κ2) is 3.12. The predicted octanol–water partition coefficient (Wildman–Crippen LogP) is 2.45. The molecule has 1 aliphatic heterocycles. The molecule has 0 fully saturated rings. The van der Waals surface area contributed by atoms with Gasteiger partial charge in [-0.3, -0.25) is 0 Å². The summed E-state index contributed by atoms with van der Waals surface area (Å²) in [5.74, 6) is -0.298. The van der Waals surface area contributed by atoms with E-state index in [2.05, 4.69) is 19.6 Å². The zero-order valence-corrected chi connectivity index (χ0v) is 10.7. The molecule has 1 heterocycles. The van der Waals surface area contributed by atoms with Gasteiger partial charge >= 0.3 is 5.97 Å². The van der Waals surface area contributed by atoms with E-state index in [9.17, 15) is 4.79 Å². The summed E-state index contributed by atoms with van der Waals surface area (Å²) in [5, 5.41) is 0.761. The van der Waals surface area contributed by atoms with E-state index in [1.807, 2.05) is 6.92 Å². The standard InChI is InChI=1S/C10H18O3Si/c1-7-8(14(4,5)6)9(11)13-10(2,3)12-7/h1-6H3. The summed E-state index contributed by atoms with van der Waals surface area (Å²) in [4.78, 5) is 11.7. The average Bonchev–Trinajstić information content (AvgIpc) is 1.75. The van der Waals surface area contributed by atoms with Crippen molar-refractivity contribution in [2.75, 3.05) is 0 Å². The lowest BCUT2D eigenvalue weighted by molar-refractivity contribution is -0.205. The summed E-state index contributed by atoms with van der Waals surface area (Å²) in [7, 11) is -1.66. The molecule has 0 spiro atoms. The van der Waals surface area contributed by atoms with Gasteiger partial charge in [0.05, 0.1) is 13.3 Å². The van der Waals surface area contributed by atoms with E-state index in [-0.39, 0.29) is 5.97 Å². The Kier molecular flexibility index (Phi) is 2.52. The van der Waals surface area contributed by atoms with Gasteiger partial charge in [0, 0.05) is 13.8 Å². The van der Waals surface area contributed by atoms with Gasteiger partial charge in [0.25, 0.3) is 0 Å². The second-order valence-corrected chi connectivity index (χ2v) is 10.1. The number of cyclic esters (lactones) is 1. The first-order valence-electron chi connectivity index (χ1n) is 4.77. The Morgan fingerprint density at radius 2 is 1.64 bits per heavy atom. The number of hydrogen-bond donors (Lipinski definition) is 0. The van der Waals surface area contributed by atoms with Crippen molar-refractivity contribution in [3.63, 3.8) is 0 Å². The van der Waals surface area contributed by atoms with E-state index >= 15 is 0 Å². The van der Waals surface area contributed by atoms with Crippen LogP contribution in [0.15, 0.2) is 11.0 Å². The van der Waals surface area contributed by atoms with Crippen LogP contribution < -0.4 is 0 Å².